The third kappa shape index (κ3) is 14.8. The zero-order valence-electron chi connectivity index (χ0n) is 16.3. The van der Waals surface area contributed by atoms with E-state index >= 15 is 0 Å². The van der Waals surface area contributed by atoms with Gasteiger partial charge in [0.1, 0.15) is 12.2 Å². The van der Waals surface area contributed by atoms with E-state index in [0.717, 1.165) is 6.42 Å². The second kappa shape index (κ2) is 13.7. The minimum Gasteiger partial charge on any atom is -0.466 e. The molecule has 0 saturated carbocycles. The van der Waals surface area contributed by atoms with Gasteiger partial charge in [-0.15, -0.1) is 0 Å². The van der Waals surface area contributed by atoms with E-state index in [1.54, 1.807) is 20.8 Å². The Bertz CT molecular complexity index is 426. The van der Waals surface area contributed by atoms with Crippen molar-refractivity contribution in [3.05, 3.63) is 0 Å². The highest BCUT2D eigenvalue weighted by atomic mass is 16.6. The fourth-order valence-electron chi connectivity index (χ4n) is 2.38. The van der Waals surface area contributed by atoms with Crippen LogP contribution in [0.1, 0.15) is 72.1 Å². The van der Waals surface area contributed by atoms with Crippen molar-refractivity contribution < 1.29 is 34.1 Å². The van der Waals surface area contributed by atoms with E-state index in [1.165, 1.54) is 0 Å². The summed E-state index contributed by atoms with van der Waals surface area (Å²) in [5.74, 6) is -1.08. The lowest BCUT2D eigenvalue weighted by molar-refractivity contribution is -0.156. The Balaban J connectivity index is 4.31. The van der Waals surface area contributed by atoms with E-state index in [0.29, 0.717) is 32.1 Å². The maximum atomic E-state index is 12.0. The van der Waals surface area contributed by atoms with Gasteiger partial charge >= 0.3 is 11.9 Å². The number of unbranched alkanes of at least 4 members (excludes halogenated alkanes) is 2. The molecule has 26 heavy (non-hydrogen) atoms. The molecule has 2 N–H and O–H groups in total. The quantitative estimate of drug-likeness (QED) is 0.354. The van der Waals surface area contributed by atoms with E-state index < -0.39 is 12.2 Å². The fraction of sp³-hybridized carbons (Fsp3) is 0.842. The highest BCUT2D eigenvalue weighted by Crippen LogP contribution is 2.19. The summed E-state index contributed by atoms with van der Waals surface area (Å²) in [5, 5.41) is 17.5. The molecule has 0 aliphatic heterocycles. The van der Waals surface area contributed by atoms with Crippen molar-refractivity contribution in [2.24, 2.45) is 5.92 Å². The first kappa shape index (κ1) is 24.5. The van der Waals surface area contributed by atoms with Crippen molar-refractivity contribution in [3.63, 3.8) is 0 Å². The normalized spacial score (nSPS) is 12.5. The lowest BCUT2D eigenvalue weighted by Gasteiger charge is -2.22. The Morgan fingerprint density at radius 1 is 0.923 bits per heavy atom. The highest BCUT2D eigenvalue weighted by molar-refractivity contribution is 5.79. The molecule has 7 heteroatoms. The molecule has 0 aromatic rings. The summed E-state index contributed by atoms with van der Waals surface area (Å²) in [6.07, 6.45) is 3.64. The first-order chi connectivity index (χ1) is 12.2. The van der Waals surface area contributed by atoms with Crippen LogP contribution < -0.4 is 0 Å². The summed E-state index contributed by atoms with van der Waals surface area (Å²) in [6, 6.07) is 0. The van der Waals surface area contributed by atoms with E-state index in [9.17, 15) is 14.4 Å². The number of hydrogen-bond acceptors (Lipinski definition) is 7. The first-order valence-corrected chi connectivity index (χ1v) is 9.28. The predicted molar refractivity (Wildman–Crippen MR) is 96.4 cm³/mol. The second-order valence-corrected chi connectivity index (χ2v) is 7.44. The van der Waals surface area contributed by atoms with Gasteiger partial charge in [-0.2, -0.15) is 0 Å². The fourth-order valence-corrected chi connectivity index (χ4v) is 2.38. The third-order valence-corrected chi connectivity index (χ3v) is 3.71. The number of esters is 2. The summed E-state index contributed by atoms with van der Waals surface area (Å²) >= 11 is 0. The van der Waals surface area contributed by atoms with Gasteiger partial charge in [0, 0.05) is 25.9 Å². The molecule has 0 bridgehead atoms. The number of aliphatic hydroxyl groups is 2. The van der Waals surface area contributed by atoms with Crippen molar-refractivity contribution in [3.8, 4) is 0 Å². The Labute approximate surface area is 156 Å². The predicted octanol–water partition coefficient (Wildman–Crippen LogP) is 2.16. The van der Waals surface area contributed by atoms with Crippen molar-refractivity contribution in [1.82, 2.24) is 0 Å². The molecule has 0 aliphatic rings. The van der Waals surface area contributed by atoms with Gasteiger partial charge in [0.15, 0.2) is 5.78 Å². The minimum absolute atomic E-state index is 0.119. The maximum absolute atomic E-state index is 12.0. The Morgan fingerprint density at radius 3 is 2.19 bits per heavy atom. The molecule has 1 unspecified atom stereocenters. The van der Waals surface area contributed by atoms with E-state index in [4.69, 9.17) is 19.7 Å². The molecule has 0 aliphatic carbocycles. The molecule has 7 nitrogen and oxygen atoms in total. The van der Waals surface area contributed by atoms with Crippen LogP contribution in [0, 0.1) is 5.92 Å². The molecule has 0 aromatic heterocycles. The summed E-state index contributed by atoms with van der Waals surface area (Å²) in [6.45, 7) is 5.14. The minimum atomic E-state index is -0.580. The molecule has 0 spiro atoms. The summed E-state index contributed by atoms with van der Waals surface area (Å²) < 4.78 is 10.5. The number of carbonyl (C=O) groups excluding carboxylic acids is 3. The van der Waals surface area contributed by atoms with Gasteiger partial charge in [-0.1, -0.05) is 6.42 Å². The van der Waals surface area contributed by atoms with Crippen molar-refractivity contribution in [1.29, 1.82) is 0 Å². The molecule has 1 atom stereocenters. The van der Waals surface area contributed by atoms with Gasteiger partial charge < -0.3 is 19.7 Å². The Hall–Kier alpha value is -1.47. The van der Waals surface area contributed by atoms with Crippen LogP contribution in [0.4, 0.5) is 0 Å². The van der Waals surface area contributed by atoms with Gasteiger partial charge in [-0.25, -0.2) is 0 Å². The van der Waals surface area contributed by atoms with Gasteiger partial charge in [0.05, 0.1) is 6.61 Å². The van der Waals surface area contributed by atoms with Crippen LogP contribution in [0.3, 0.4) is 0 Å². The summed E-state index contributed by atoms with van der Waals surface area (Å²) in [4.78, 5) is 35.0. The van der Waals surface area contributed by atoms with E-state index in [2.05, 4.69) is 0 Å². The number of ketones is 1. The molecule has 0 amide bonds. The monoisotopic (exact) mass is 374 g/mol. The topological polar surface area (TPSA) is 110 Å². The van der Waals surface area contributed by atoms with Crippen LogP contribution in [0.25, 0.3) is 0 Å². The molecule has 0 aromatic carbocycles. The van der Waals surface area contributed by atoms with Gasteiger partial charge in [0.25, 0.3) is 0 Å². The second-order valence-electron chi connectivity index (χ2n) is 7.44. The van der Waals surface area contributed by atoms with Crippen LogP contribution in [0.15, 0.2) is 0 Å². The number of carbonyl (C=O) groups is 3. The molecule has 0 heterocycles. The van der Waals surface area contributed by atoms with E-state index in [-0.39, 0.29) is 49.7 Å². The van der Waals surface area contributed by atoms with Crippen molar-refractivity contribution in [2.75, 3.05) is 19.8 Å². The average molecular weight is 374 g/mol. The lowest BCUT2D eigenvalue weighted by Crippen LogP contribution is -2.26. The largest absolute Gasteiger partial charge is 0.466 e. The van der Waals surface area contributed by atoms with Crippen LogP contribution in [-0.2, 0) is 23.9 Å². The zero-order valence-corrected chi connectivity index (χ0v) is 16.3. The number of Topliss-reactive ketones (excluding diaryl/α,β-unsaturated/α-hetero) is 1. The molecular formula is C19H34O7. The average Bonchev–Trinajstić information content (AvgIpc) is 2.54. The van der Waals surface area contributed by atoms with Gasteiger partial charge in [0.2, 0.25) is 0 Å². The van der Waals surface area contributed by atoms with Gasteiger partial charge in [-0.05, 0) is 52.4 Å². The molecule has 152 valence electrons. The Morgan fingerprint density at radius 2 is 1.62 bits per heavy atom. The molecule has 0 fully saturated rings. The first-order valence-electron chi connectivity index (χ1n) is 9.28. The standard InChI is InChI=1S/C19H34O7/c1-19(2,3)26-18(24)13-15(8-9-16(22)14-21)10-12-25-17(23)7-5-4-6-11-20/h15,20-21H,4-14H2,1-3H3. The van der Waals surface area contributed by atoms with Crippen LogP contribution in [0.2, 0.25) is 0 Å². The van der Waals surface area contributed by atoms with Crippen LogP contribution in [0.5, 0.6) is 0 Å². The number of aliphatic hydroxyl groups excluding tert-OH is 2. The maximum Gasteiger partial charge on any atom is 0.306 e. The summed E-state index contributed by atoms with van der Waals surface area (Å²) in [7, 11) is 0. The SMILES string of the molecule is CC(C)(C)OC(=O)CC(CCOC(=O)CCCCCO)CCC(=O)CO. The Kier molecular flexibility index (Phi) is 12.9. The summed E-state index contributed by atoms with van der Waals surface area (Å²) in [5.41, 5.74) is -0.580. The van der Waals surface area contributed by atoms with Crippen molar-refractivity contribution in [2.45, 2.75) is 77.7 Å². The van der Waals surface area contributed by atoms with Crippen LogP contribution in [-0.4, -0.2) is 53.4 Å². The van der Waals surface area contributed by atoms with Crippen molar-refractivity contribution >= 4 is 17.7 Å². The lowest BCUT2D eigenvalue weighted by atomic mass is 9.95. The van der Waals surface area contributed by atoms with Crippen LogP contribution >= 0.6 is 0 Å². The van der Waals surface area contributed by atoms with E-state index in [1.807, 2.05) is 0 Å². The number of ether oxygens (including phenoxy) is 2. The molecular weight excluding hydrogens is 340 g/mol. The number of rotatable bonds is 14. The molecule has 0 rings (SSSR count). The zero-order chi connectivity index (χ0) is 20.0. The molecule has 0 radical (unpaired) electrons. The molecule has 0 saturated heterocycles. The highest BCUT2D eigenvalue weighted by Gasteiger charge is 2.21. The third-order valence-electron chi connectivity index (χ3n) is 3.71. The van der Waals surface area contributed by atoms with Gasteiger partial charge in [-0.3, -0.25) is 14.4 Å². The smallest absolute Gasteiger partial charge is 0.306 e. The number of hydrogen-bond donors (Lipinski definition) is 2.